The summed E-state index contributed by atoms with van der Waals surface area (Å²) in [5, 5.41) is 0. The molecule has 3 rings (SSSR count). The van der Waals surface area contributed by atoms with Crippen LogP contribution in [0.3, 0.4) is 0 Å². The number of likely N-dealkylation sites (tertiary alicyclic amines) is 1. The fraction of sp³-hybridized carbons (Fsp3) is 0.529. The highest BCUT2D eigenvalue weighted by molar-refractivity contribution is 5.89. The van der Waals surface area contributed by atoms with Crippen LogP contribution < -0.4 is 4.74 Å². The van der Waals surface area contributed by atoms with Gasteiger partial charge in [-0.1, -0.05) is 0 Å². The van der Waals surface area contributed by atoms with Gasteiger partial charge in [0.05, 0.1) is 12.7 Å². The molecule has 1 heterocycles. The summed E-state index contributed by atoms with van der Waals surface area (Å²) in [6.45, 7) is 1.56. The number of benzene rings is 1. The van der Waals surface area contributed by atoms with Gasteiger partial charge in [0.1, 0.15) is 11.9 Å². The molecule has 0 radical (unpaired) electrons. The van der Waals surface area contributed by atoms with Crippen LogP contribution in [0.25, 0.3) is 0 Å². The van der Waals surface area contributed by atoms with E-state index in [1.807, 2.05) is 4.90 Å². The van der Waals surface area contributed by atoms with Crippen molar-refractivity contribution in [1.29, 1.82) is 0 Å². The molecule has 1 aliphatic heterocycles. The largest absolute Gasteiger partial charge is 0.490 e. The third-order valence-corrected chi connectivity index (χ3v) is 4.26. The highest BCUT2D eigenvalue weighted by Gasteiger charge is 2.35. The summed E-state index contributed by atoms with van der Waals surface area (Å²) in [6, 6.07) is 6.97. The van der Waals surface area contributed by atoms with Crippen molar-refractivity contribution in [1.82, 2.24) is 4.90 Å². The molecule has 1 amide bonds. The topological polar surface area (TPSA) is 55.8 Å². The van der Waals surface area contributed by atoms with Crippen LogP contribution in [0.5, 0.6) is 5.75 Å². The fourth-order valence-electron chi connectivity index (χ4n) is 2.76. The molecule has 0 N–H and O–H groups in total. The summed E-state index contributed by atoms with van der Waals surface area (Å²) in [5.41, 5.74) is 0.514. The summed E-state index contributed by atoms with van der Waals surface area (Å²) in [4.78, 5) is 25.3. The number of nitrogens with zero attached hydrogens (tertiary/aromatic N) is 1. The fourth-order valence-corrected chi connectivity index (χ4v) is 2.76. The van der Waals surface area contributed by atoms with Gasteiger partial charge in [-0.3, -0.25) is 4.79 Å². The Balaban J connectivity index is 1.50. The molecular weight excluding hydrogens is 282 g/mol. The van der Waals surface area contributed by atoms with E-state index in [1.165, 1.54) is 7.11 Å². The Kier molecular flexibility index (Phi) is 4.32. The monoisotopic (exact) mass is 303 g/mol. The van der Waals surface area contributed by atoms with E-state index < -0.39 is 0 Å². The average Bonchev–Trinajstić information content (AvgIpc) is 3.40. The lowest BCUT2D eigenvalue weighted by atomic mass is 10.1. The van der Waals surface area contributed by atoms with Crippen LogP contribution in [-0.2, 0) is 9.53 Å². The minimum atomic E-state index is -0.349. The van der Waals surface area contributed by atoms with Gasteiger partial charge in [0, 0.05) is 31.8 Å². The molecule has 22 heavy (non-hydrogen) atoms. The number of carbonyl (C=O) groups excluding carboxylic acids is 2. The highest BCUT2D eigenvalue weighted by atomic mass is 16.5. The van der Waals surface area contributed by atoms with Gasteiger partial charge in [-0.2, -0.15) is 0 Å². The molecule has 118 valence electrons. The maximum atomic E-state index is 12.0. The van der Waals surface area contributed by atoms with E-state index >= 15 is 0 Å². The number of hydrogen-bond donors (Lipinski definition) is 0. The second-order valence-corrected chi connectivity index (χ2v) is 5.93. The first-order valence-electron chi connectivity index (χ1n) is 7.81. The molecule has 2 fully saturated rings. The van der Waals surface area contributed by atoms with Gasteiger partial charge in [0.2, 0.25) is 5.91 Å². The van der Waals surface area contributed by atoms with Crippen LogP contribution in [0.15, 0.2) is 24.3 Å². The Hall–Kier alpha value is -2.04. The van der Waals surface area contributed by atoms with Crippen molar-refractivity contribution in [2.45, 2.75) is 31.8 Å². The van der Waals surface area contributed by atoms with Gasteiger partial charge >= 0.3 is 5.97 Å². The molecule has 0 aromatic heterocycles. The Morgan fingerprint density at radius 1 is 1.05 bits per heavy atom. The van der Waals surface area contributed by atoms with E-state index in [1.54, 1.807) is 24.3 Å². The summed E-state index contributed by atoms with van der Waals surface area (Å²) in [6.07, 6.45) is 3.96. The molecule has 1 saturated carbocycles. The molecule has 5 nitrogen and oxygen atoms in total. The predicted molar refractivity (Wildman–Crippen MR) is 80.7 cm³/mol. The van der Waals surface area contributed by atoms with Crippen molar-refractivity contribution in [3.8, 4) is 5.75 Å². The third kappa shape index (κ3) is 3.40. The molecule has 0 atom stereocenters. The quantitative estimate of drug-likeness (QED) is 0.801. The van der Waals surface area contributed by atoms with E-state index in [9.17, 15) is 9.59 Å². The first kappa shape index (κ1) is 14.9. The Morgan fingerprint density at radius 3 is 2.23 bits per heavy atom. The molecule has 0 bridgehead atoms. The Morgan fingerprint density at radius 2 is 1.68 bits per heavy atom. The molecule has 1 aromatic rings. The predicted octanol–water partition coefficient (Wildman–Crippen LogP) is 2.25. The number of amides is 1. The smallest absolute Gasteiger partial charge is 0.337 e. The summed E-state index contributed by atoms with van der Waals surface area (Å²) in [5.74, 6) is 1.02. The van der Waals surface area contributed by atoms with Crippen LogP contribution in [0, 0.1) is 5.92 Å². The Bertz CT molecular complexity index is 542. The van der Waals surface area contributed by atoms with E-state index in [0.717, 1.165) is 44.5 Å². The number of esters is 1. The minimum absolute atomic E-state index is 0.132. The zero-order valence-corrected chi connectivity index (χ0v) is 12.8. The number of piperidine rings is 1. The lowest BCUT2D eigenvalue weighted by molar-refractivity contribution is -0.134. The maximum absolute atomic E-state index is 12.0. The number of ether oxygens (including phenoxy) is 2. The number of methoxy groups -OCH3 is 1. The molecule has 5 heteroatoms. The van der Waals surface area contributed by atoms with Crippen molar-refractivity contribution >= 4 is 11.9 Å². The maximum Gasteiger partial charge on any atom is 0.337 e. The normalized spacial score (nSPS) is 18.9. The lowest BCUT2D eigenvalue weighted by Crippen LogP contribution is -2.42. The molecule has 1 aromatic carbocycles. The van der Waals surface area contributed by atoms with Crippen molar-refractivity contribution in [3.05, 3.63) is 29.8 Å². The van der Waals surface area contributed by atoms with Gasteiger partial charge in [-0.25, -0.2) is 4.79 Å². The average molecular weight is 303 g/mol. The van der Waals surface area contributed by atoms with Crippen LogP contribution >= 0.6 is 0 Å². The van der Waals surface area contributed by atoms with Crippen LogP contribution in [0.2, 0.25) is 0 Å². The van der Waals surface area contributed by atoms with Crippen LogP contribution in [0.4, 0.5) is 0 Å². The third-order valence-electron chi connectivity index (χ3n) is 4.26. The molecule has 0 spiro atoms. The first-order chi connectivity index (χ1) is 10.7. The van der Waals surface area contributed by atoms with Crippen molar-refractivity contribution in [2.75, 3.05) is 20.2 Å². The number of rotatable bonds is 4. The molecule has 1 saturated heterocycles. The van der Waals surface area contributed by atoms with E-state index in [2.05, 4.69) is 4.74 Å². The van der Waals surface area contributed by atoms with Crippen molar-refractivity contribution < 1.29 is 19.1 Å². The van der Waals surface area contributed by atoms with Gasteiger partial charge in [0.25, 0.3) is 0 Å². The zero-order valence-electron chi connectivity index (χ0n) is 12.8. The van der Waals surface area contributed by atoms with E-state index in [0.29, 0.717) is 17.4 Å². The second-order valence-electron chi connectivity index (χ2n) is 5.93. The molecular formula is C17H21NO4. The van der Waals surface area contributed by atoms with Crippen molar-refractivity contribution in [3.63, 3.8) is 0 Å². The first-order valence-corrected chi connectivity index (χ1v) is 7.81. The molecule has 0 unspecified atom stereocenters. The highest BCUT2D eigenvalue weighted by Crippen LogP contribution is 2.32. The van der Waals surface area contributed by atoms with E-state index in [4.69, 9.17) is 4.74 Å². The lowest BCUT2D eigenvalue weighted by Gasteiger charge is -2.32. The minimum Gasteiger partial charge on any atom is -0.490 e. The second kappa shape index (κ2) is 6.38. The Labute approximate surface area is 130 Å². The SMILES string of the molecule is COC(=O)c1ccc(OC2CCN(C(=O)C3CC3)CC2)cc1. The van der Waals surface area contributed by atoms with Gasteiger partial charge in [0.15, 0.2) is 0 Å². The van der Waals surface area contributed by atoms with Gasteiger partial charge in [-0.15, -0.1) is 0 Å². The molecule has 1 aliphatic carbocycles. The summed E-state index contributed by atoms with van der Waals surface area (Å²) in [7, 11) is 1.36. The summed E-state index contributed by atoms with van der Waals surface area (Å²) < 4.78 is 10.6. The van der Waals surface area contributed by atoms with Gasteiger partial charge < -0.3 is 14.4 Å². The number of carbonyl (C=O) groups is 2. The van der Waals surface area contributed by atoms with Crippen LogP contribution in [0.1, 0.15) is 36.0 Å². The standard InChI is InChI=1S/C17H21NO4/c1-21-17(20)13-4-6-14(7-5-13)22-15-8-10-18(11-9-15)16(19)12-2-3-12/h4-7,12,15H,2-3,8-11H2,1H3. The molecule has 2 aliphatic rings. The van der Waals surface area contributed by atoms with Gasteiger partial charge in [-0.05, 0) is 37.1 Å². The van der Waals surface area contributed by atoms with Crippen LogP contribution in [-0.4, -0.2) is 43.1 Å². The van der Waals surface area contributed by atoms with E-state index in [-0.39, 0.29) is 12.1 Å². The zero-order chi connectivity index (χ0) is 15.5. The summed E-state index contributed by atoms with van der Waals surface area (Å²) >= 11 is 0. The number of hydrogen-bond acceptors (Lipinski definition) is 4. The van der Waals surface area contributed by atoms with Crippen molar-refractivity contribution in [2.24, 2.45) is 5.92 Å².